The Morgan fingerprint density at radius 3 is 2.74 bits per heavy atom. The van der Waals surface area contributed by atoms with E-state index in [0.717, 1.165) is 5.56 Å². The number of methoxy groups -OCH3 is 1. The smallest absolute Gasteiger partial charge is 0.162 e. The van der Waals surface area contributed by atoms with Crippen molar-refractivity contribution in [2.75, 3.05) is 7.11 Å². The monoisotopic (exact) mass is 254 g/mol. The van der Waals surface area contributed by atoms with Gasteiger partial charge < -0.3 is 9.47 Å². The normalized spacial score (nSPS) is 11.4. The maximum absolute atomic E-state index is 8.85. The van der Waals surface area contributed by atoms with Crippen LogP contribution in [0, 0.1) is 11.3 Å². The maximum atomic E-state index is 8.85. The summed E-state index contributed by atoms with van der Waals surface area (Å²) in [6, 6.07) is 11.0. The molecule has 2 aromatic rings. The summed E-state index contributed by atoms with van der Waals surface area (Å²) in [5, 5.41) is 8.85. The van der Waals surface area contributed by atoms with Crippen LogP contribution in [-0.2, 0) is 0 Å². The van der Waals surface area contributed by atoms with Crippen LogP contribution in [0.2, 0.25) is 0 Å². The molecule has 4 heteroatoms. The number of ether oxygens (including phenoxy) is 2. The van der Waals surface area contributed by atoms with Crippen LogP contribution in [-0.4, -0.2) is 12.1 Å². The lowest BCUT2D eigenvalue weighted by molar-refractivity contribution is 0.215. The van der Waals surface area contributed by atoms with Gasteiger partial charge in [0.05, 0.1) is 18.7 Å². The molecule has 96 valence electrons. The third kappa shape index (κ3) is 3.02. The Balaban J connectivity index is 2.22. The van der Waals surface area contributed by atoms with Gasteiger partial charge in [-0.25, -0.2) is 0 Å². The van der Waals surface area contributed by atoms with Crippen LogP contribution in [0.3, 0.4) is 0 Å². The summed E-state index contributed by atoms with van der Waals surface area (Å²) >= 11 is 0. The van der Waals surface area contributed by atoms with E-state index in [1.807, 2.05) is 19.1 Å². The zero-order valence-corrected chi connectivity index (χ0v) is 10.8. The van der Waals surface area contributed by atoms with Crippen LogP contribution < -0.4 is 9.47 Å². The summed E-state index contributed by atoms with van der Waals surface area (Å²) < 4.78 is 11.1. The van der Waals surface area contributed by atoms with Gasteiger partial charge in [0.15, 0.2) is 11.5 Å². The minimum absolute atomic E-state index is 0.143. The lowest BCUT2D eigenvalue weighted by Crippen LogP contribution is -2.04. The molecule has 0 aliphatic carbocycles. The van der Waals surface area contributed by atoms with E-state index in [9.17, 15) is 0 Å². The van der Waals surface area contributed by atoms with Gasteiger partial charge in [-0.2, -0.15) is 5.26 Å². The van der Waals surface area contributed by atoms with Crippen molar-refractivity contribution in [1.29, 1.82) is 5.26 Å². The number of rotatable bonds is 4. The first-order valence-corrected chi connectivity index (χ1v) is 5.89. The van der Waals surface area contributed by atoms with Crippen LogP contribution in [0.4, 0.5) is 0 Å². The largest absolute Gasteiger partial charge is 0.493 e. The molecule has 0 bridgehead atoms. The van der Waals surface area contributed by atoms with Gasteiger partial charge in [-0.3, -0.25) is 4.98 Å². The van der Waals surface area contributed by atoms with E-state index in [1.165, 1.54) is 0 Å². The van der Waals surface area contributed by atoms with Gasteiger partial charge >= 0.3 is 0 Å². The van der Waals surface area contributed by atoms with Gasteiger partial charge in [-0.15, -0.1) is 0 Å². The minimum atomic E-state index is -0.143. The van der Waals surface area contributed by atoms with E-state index in [2.05, 4.69) is 11.1 Å². The Morgan fingerprint density at radius 2 is 2.11 bits per heavy atom. The van der Waals surface area contributed by atoms with Crippen molar-refractivity contribution in [1.82, 2.24) is 4.98 Å². The lowest BCUT2D eigenvalue weighted by Gasteiger charge is -2.17. The number of benzene rings is 1. The van der Waals surface area contributed by atoms with E-state index in [4.69, 9.17) is 14.7 Å². The molecule has 0 aliphatic rings. The standard InChI is InChI=1S/C15H14N2O2/c1-11(13-4-3-7-17-10-13)19-14-6-5-12(9-16)8-15(14)18-2/h3-8,10-11H,1-2H3. The number of hydrogen-bond donors (Lipinski definition) is 0. The number of nitrogens with zero attached hydrogens (tertiary/aromatic N) is 2. The fourth-order valence-electron chi connectivity index (χ4n) is 1.71. The molecule has 0 aliphatic heterocycles. The Bertz CT molecular complexity index is 591. The highest BCUT2D eigenvalue weighted by Crippen LogP contribution is 2.31. The highest BCUT2D eigenvalue weighted by molar-refractivity contribution is 5.46. The molecule has 1 unspecified atom stereocenters. The Hall–Kier alpha value is -2.54. The van der Waals surface area contributed by atoms with Gasteiger partial charge in [-0.1, -0.05) is 6.07 Å². The zero-order chi connectivity index (χ0) is 13.7. The van der Waals surface area contributed by atoms with Crippen molar-refractivity contribution in [3.05, 3.63) is 53.9 Å². The highest BCUT2D eigenvalue weighted by atomic mass is 16.5. The van der Waals surface area contributed by atoms with Gasteiger partial charge in [0.2, 0.25) is 0 Å². The van der Waals surface area contributed by atoms with E-state index in [1.54, 1.807) is 37.7 Å². The molecule has 1 aromatic carbocycles. The molecule has 2 rings (SSSR count). The first kappa shape index (κ1) is 12.9. The van der Waals surface area contributed by atoms with Crippen molar-refractivity contribution < 1.29 is 9.47 Å². The second-order valence-corrected chi connectivity index (χ2v) is 4.02. The zero-order valence-electron chi connectivity index (χ0n) is 10.8. The topological polar surface area (TPSA) is 55.1 Å². The molecule has 19 heavy (non-hydrogen) atoms. The van der Waals surface area contributed by atoms with Gasteiger partial charge in [0.1, 0.15) is 6.10 Å². The first-order chi connectivity index (χ1) is 9.24. The number of hydrogen-bond acceptors (Lipinski definition) is 4. The van der Waals surface area contributed by atoms with E-state index < -0.39 is 0 Å². The summed E-state index contributed by atoms with van der Waals surface area (Å²) in [4.78, 5) is 4.06. The van der Waals surface area contributed by atoms with E-state index >= 15 is 0 Å². The molecule has 1 atom stereocenters. The van der Waals surface area contributed by atoms with Crippen molar-refractivity contribution in [3.8, 4) is 17.6 Å². The van der Waals surface area contributed by atoms with Crippen molar-refractivity contribution >= 4 is 0 Å². The third-order valence-corrected chi connectivity index (χ3v) is 2.75. The van der Waals surface area contributed by atoms with E-state index in [0.29, 0.717) is 17.1 Å². The van der Waals surface area contributed by atoms with E-state index in [-0.39, 0.29) is 6.10 Å². The van der Waals surface area contributed by atoms with Gasteiger partial charge in [0.25, 0.3) is 0 Å². The molecule has 0 N–H and O–H groups in total. The Labute approximate surface area is 112 Å². The average molecular weight is 254 g/mol. The quantitative estimate of drug-likeness (QED) is 0.841. The predicted octanol–water partition coefficient (Wildman–Crippen LogP) is 3.10. The SMILES string of the molecule is COc1cc(C#N)ccc1OC(C)c1cccnc1. The summed E-state index contributed by atoms with van der Waals surface area (Å²) in [7, 11) is 1.55. The summed E-state index contributed by atoms with van der Waals surface area (Å²) in [5.41, 5.74) is 1.52. The van der Waals surface area contributed by atoms with Gasteiger partial charge in [0, 0.05) is 24.0 Å². The predicted molar refractivity (Wildman–Crippen MR) is 71.0 cm³/mol. The summed E-state index contributed by atoms with van der Waals surface area (Å²) in [5.74, 6) is 1.16. The third-order valence-electron chi connectivity index (χ3n) is 2.75. The van der Waals surface area contributed by atoms with Crippen molar-refractivity contribution in [2.45, 2.75) is 13.0 Å². The molecule has 0 saturated carbocycles. The molecule has 1 heterocycles. The second kappa shape index (κ2) is 5.87. The molecular weight excluding hydrogens is 240 g/mol. The summed E-state index contributed by atoms with van der Waals surface area (Å²) in [6.07, 6.45) is 3.34. The fraction of sp³-hybridized carbons (Fsp3) is 0.200. The lowest BCUT2D eigenvalue weighted by atomic mass is 10.2. The Kier molecular flexibility index (Phi) is 3.99. The fourth-order valence-corrected chi connectivity index (χ4v) is 1.71. The first-order valence-electron chi connectivity index (χ1n) is 5.89. The summed E-state index contributed by atoms with van der Waals surface area (Å²) in [6.45, 7) is 1.94. The minimum Gasteiger partial charge on any atom is -0.493 e. The molecular formula is C15H14N2O2. The second-order valence-electron chi connectivity index (χ2n) is 4.02. The van der Waals surface area contributed by atoms with Crippen molar-refractivity contribution in [3.63, 3.8) is 0 Å². The number of pyridine rings is 1. The molecule has 0 amide bonds. The highest BCUT2D eigenvalue weighted by Gasteiger charge is 2.11. The van der Waals surface area contributed by atoms with Gasteiger partial charge in [-0.05, 0) is 25.1 Å². The van der Waals surface area contributed by atoms with Crippen LogP contribution in [0.25, 0.3) is 0 Å². The molecule has 0 radical (unpaired) electrons. The number of nitriles is 1. The molecule has 4 nitrogen and oxygen atoms in total. The average Bonchev–Trinajstić information content (AvgIpc) is 2.48. The Morgan fingerprint density at radius 1 is 1.26 bits per heavy atom. The molecule has 1 aromatic heterocycles. The van der Waals surface area contributed by atoms with Crippen LogP contribution in [0.15, 0.2) is 42.7 Å². The van der Waals surface area contributed by atoms with Crippen LogP contribution in [0.5, 0.6) is 11.5 Å². The molecule has 0 spiro atoms. The number of aromatic nitrogens is 1. The van der Waals surface area contributed by atoms with Crippen LogP contribution >= 0.6 is 0 Å². The van der Waals surface area contributed by atoms with Crippen LogP contribution in [0.1, 0.15) is 24.2 Å². The maximum Gasteiger partial charge on any atom is 0.162 e. The molecule has 0 fully saturated rings. The molecule has 0 saturated heterocycles. The van der Waals surface area contributed by atoms with Crippen molar-refractivity contribution in [2.24, 2.45) is 0 Å².